The van der Waals surface area contributed by atoms with Gasteiger partial charge in [0.1, 0.15) is 18.5 Å². The molecule has 0 aliphatic carbocycles. The van der Waals surface area contributed by atoms with Crippen molar-refractivity contribution < 1.29 is 13.9 Å². The van der Waals surface area contributed by atoms with E-state index in [0.29, 0.717) is 24.3 Å². The van der Waals surface area contributed by atoms with Crippen molar-refractivity contribution in [2.24, 2.45) is 0 Å². The molecule has 0 radical (unpaired) electrons. The summed E-state index contributed by atoms with van der Waals surface area (Å²) in [6.45, 7) is 3.82. The van der Waals surface area contributed by atoms with E-state index in [9.17, 15) is 9.18 Å². The molecule has 4 heteroatoms. The number of ether oxygens (including phenoxy) is 1. The van der Waals surface area contributed by atoms with Gasteiger partial charge >= 0.3 is 0 Å². The van der Waals surface area contributed by atoms with Crippen molar-refractivity contribution in [1.82, 2.24) is 5.32 Å². The van der Waals surface area contributed by atoms with Gasteiger partial charge in [-0.3, -0.25) is 4.79 Å². The molecule has 0 spiro atoms. The number of hydrogen-bond donors (Lipinski definition) is 1. The monoisotopic (exact) mass is 237 g/mol. The van der Waals surface area contributed by atoms with E-state index in [-0.39, 0.29) is 5.91 Å². The molecule has 1 N–H and O–H groups in total. The zero-order chi connectivity index (χ0) is 12.4. The molecule has 1 aromatic carbocycles. The van der Waals surface area contributed by atoms with Gasteiger partial charge in [-0.2, -0.15) is 0 Å². The SMILES string of the molecule is CCNC(=O)c1cc(C)cc2c1OC(CF)C2. The van der Waals surface area contributed by atoms with Gasteiger partial charge in [0.05, 0.1) is 5.56 Å². The number of nitrogens with one attached hydrogen (secondary N) is 1. The van der Waals surface area contributed by atoms with E-state index in [0.717, 1.165) is 11.1 Å². The first kappa shape index (κ1) is 11.9. The van der Waals surface area contributed by atoms with Gasteiger partial charge in [-0.25, -0.2) is 4.39 Å². The predicted molar refractivity (Wildman–Crippen MR) is 63.3 cm³/mol. The van der Waals surface area contributed by atoms with Gasteiger partial charge in [0.25, 0.3) is 5.91 Å². The Bertz CT molecular complexity index is 445. The highest BCUT2D eigenvalue weighted by Gasteiger charge is 2.27. The standard InChI is InChI=1S/C13H16FNO2/c1-3-15-13(16)11-5-8(2)4-9-6-10(7-14)17-12(9)11/h4-5,10H,3,6-7H2,1-2H3,(H,15,16). The second-order valence-electron chi connectivity index (χ2n) is 4.26. The van der Waals surface area contributed by atoms with Crippen LogP contribution in [-0.2, 0) is 6.42 Å². The summed E-state index contributed by atoms with van der Waals surface area (Å²) >= 11 is 0. The molecule has 1 unspecified atom stereocenters. The number of hydrogen-bond acceptors (Lipinski definition) is 2. The van der Waals surface area contributed by atoms with Gasteiger partial charge < -0.3 is 10.1 Å². The summed E-state index contributed by atoms with van der Waals surface area (Å²) in [5.74, 6) is 0.385. The minimum absolute atomic E-state index is 0.160. The summed E-state index contributed by atoms with van der Waals surface area (Å²) in [7, 11) is 0. The Balaban J connectivity index is 2.38. The highest BCUT2D eigenvalue weighted by atomic mass is 19.1. The highest BCUT2D eigenvalue weighted by molar-refractivity contribution is 5.97. The van der Waals surface area contributed by atoms with Gasteiger partial charge in [0.2, 0.25) is 0 Å². The molecule has 1 aliphatic heterocycles. The van der Waals surface area contributed by atoms with E-state index < -0.39 is 12.8 Å². The fourth-order valence-electron chi connectivity index (χ4n) is 2.10. The van der Waals surface area contributed by atoms with E-state index in [1.165, 1.54) is 0 Å². The Morgan fingerprint density at radius 1 is 1.59 bits per heavy atom. The lowest BCUT2D eigenvalue weighted by Gasteiger charge is -2.10. The first-order chi connectivity index (χ1) is 8.15. The first-order valence-electron chi connectivity index (χ1n) is 5.80. The molecule has 1 aliphatic rings. The molecule has 1 amide bonds. The number of fused-ring (bicyclic) bond motifs is 1. The maximum absolute atomic E-state index is 12.6. The van der Waals surface area contributed by atoms with Crippen LogP contribution in [0, 0.1) is 6.92 Å². The van der Waals surface area contributed by atoms with Gasteiger partial charge in [0.15, 0.2) is 0 Å². The number of aryl methyl sites for hydroxylation is 1. The van der Waals surface area contributed by atoms with Gasteiger partial charge in [0, 0.05) is 13.0 Å². The number of rotatable bonds is 3. The molecule has 3 nitrogen and oxygen atoms in total. The minimum Gasteiger partial charge on any atom is -0.486 e. The van der Waals surface area contributed by atoms with Crippen LogP contribution in [-0.4, -0.2) is 25.2 Å². The molecule has 1 atom stereocenters. The van der Waals surface area contributed by atoms with Crippen molar-refractivity contribution in [3.05, 3.63) is 28.8 Å². The fourth-order valence-corrected chi connectivity index (χ4v) is 2.10. The summed E-state index contributed by atoms with van der Waals surface area (Å²) in [5.41, 5.74) is 2.43. The number of benzene rings is 1. The fraction of sp³-hybridized carbons (Fsp3) is 0.462. The van der Waals surface area contributed by atoms with Gasteiger partial charge in [-0.1, -0.05) is 6.07 Å². The molecular formula is C13H16FNO2. The lowest BCUT2D eigenvalue weighted by molar-refractivity contribution is 0.0949. The van der Waals surface area contributed by atoms with Crippen LogP contribution >= 0.6 is 0 Å². The maximum atomic E-state index is 12.6. The molecule has 0 fully saturated rings. The Hall–Kier alpha value is -1.58. The summed E-state index contributed by atoms with van der Waals surface area (Å²) in [6, 6.07) is 3.73. The van der Waals surface area contributed by atoms with Crippen LogP contribution in [0.1, 0.15) is 28.4 Å². The number of halogens is 1. The molecule has 0 saturated heterocycles. The summed E-state index contributed by atoms with van der Waals surface area (Å²) in [5, 5.41) is 2.74. The third-order valence-electron chi connectivity index (χ3n) is 2.80. The molecule has 92 valence electrons. The second-order valence-corrected chi connectivity index (χ2v) is 4.26. The van der Waals surface area contributed by atoms with Crippen LogP contribution < -0.4 is 10.1 Å². The van der Waals surface area contributed by atoms with Crippen molar-refractivity contribution in [3.8, 4) is 5.75 Å². The van der Waals surface area contributed by atoms with Crippen LogP contribution in [0.25, 0.3) is 0 Å². The molecular weight excluding hydrogens is 221 g/mol. The Labute approximate surface area is 100.0 Å². The molecule has 0 saturated carbocycles. The normalized spacial score (nSPS) is 17.5. The molecule has 1 aromatic rings. The minimum atomic E-state index is -0.525. The average molecular weight is 237 g/mol. The smallest absolute Gasteiger partial charge is 0.255 e. The van der Waals surface area contributed by atoms with Crippen molar-refractivity contribution in [2.45, 2.75) is 26.4 Å². The zero-order valence-electron chi connectivity index (χ0n) is 10.0. The van der Waals surface area contributed by atoms with Crippen LogP contribution in [0.15, 0.2) is 12.1 Å². The van der Waals surface area contributed by atoms with Crippen LogP contribution in [0.5, 0.6) is 5.75 Å². The van der Waals surface area contributed by atoms with Crippen molar-refractivity contribution in [3.63, 3.8) is 0 Å². The lowest BCUT2D eigenvalue weighted by Crippen LogP contribution is -2.23. The average Bonchev–Trinajstić information content (AvgIpc) is 2.70. The quantitative estimate of drug-likeness (QED) is 0.873. The Morgan fingerprint density at radius 2 is 2.35 bits per heavy atom. The number of alkyl halides is 1. The highest BCUT2D eigenvalue weighted by Crippen LogP contribution is 2.33. The zero-order valence-corrected chi connectivity index (χ0v) is 10.0. The third-order valence-corrected chi connectivity index (χ3v) is 2.80. The van der Waals surface area contributed by atoms with Crippen LogP contribution in [0.4, 0.5) is 4.39 Å². The summed E-state index contributed by atoms with van der Waals surface area (Å²) in [6.07, 6.45) is 0.0971. The molecule has 1 heterocycles. The number of amides is 1. The largest absolute Gasteiger partial charge is 0.486 e. The topological polar surface area (TPSA) is 38.3 Å². The number of carbonyl (C=O) groups excluding carboxylic acids is 1. The second kappa shape index (κ2) is 4.73. The lowest BCUT2D eigenvalue weighted by atomic mass is 10.0. The van der Waals surface area contributed by atoms with Crippen molar-refractivity contribution >= 4 is 5.91 Å². The number of carbonyl (C=O) groups is 1. The van der Waals surface area contributed by atoms with E-state index >= 15 is 0 Å². The molecule has 17 heavy (non-hydrogen) atoms. The van der Waals surface area contributed by atoms with E-state index in [1.807, 2.05) is 19.9 Å². The first-order valence-corrected chi connectivity index (χ1v) is 5.80. The van der Waals surface area contributed by atoms with Crippen molar-refractivity contribution in [2.75, 3.05) is 13.2 Å². The molecule has 2 rings (SSSR count). The third kappa shape index (κ3) is 2.25. The predicted octanol–water partition coefficient (Wildman–Crippen LogP) is 2.02. The van der Waals surface area contributed by atoms with Crippen LogP contribution in [0.3, 0.4) is 0 Å². The van der Waals surface area contributed by atoms with E-state index in [2.05, 4.69) is 5.32 Å². The van der Waals surface area contributed by atoms with Crippen LogP contribution in [0.2, 0.25) is 0 Å². The van der Waals surface area contributed by atoms with E-state index in [1.54, 1.807) is 6.07 Å². The molecule has 0 bridgehead atoms. The van der Waals surface area contributed by atoms with Crippen molar-refractivity contribution in [1.29, 1.82) is 0 Å². The summed E-state index contributed by atoms with van der Waals surface area (Å²) < 4.78 is 18.1. The Morgan fingerprint density at radius 3 is 3.00 bits per heavy atom. The molecule has 0 aromatic heterocycles. The van der Waals surface area contributed by atoms with Gasteiger partial charge in [-0.15, -0.1) is 0 Å². The summed E-state index contributed by atoms with van der Waals surface area (Å²) in [4.78, 5) is 11.9. The Kier molecular flexibility index (Phi) is 3.31. The van der Waals surface area contributed by atoms with Gasteiger partial charge in [-0.05, 0) is 31.0 Å². The van der Waals surface area contributed by atoms with E-state index in [4.69, 9.17) is 4.74 Å². The maximum Gasteiger partial charge on any atom is 0.255 e.